The molecular weight excluding hydrogens is 452 g/mol. The molecule has 0 unspecified atom stereocenters. The first kappa shape index (κ1) is 25.5. The highest BCUT2D eigenvalue weighted by Crippen LogP contribution is 2.23. The van der Waals surface area contributed by atoms with E-state index in [9.17, 15) is 18.0 Å². The van der Waals surface area contributed by atoms with E-state index in [4.69, 9.17) is 0 Å². The van der Waals surface area contributed by atoms with Crippen molar-refractivity contribution >= 4 is 32.5 Å². The molecule has 34 heavy (non-hydrogen) atoms. The summed E-state index contributed by atoms with van der Waals surface area (Å²) >= 11 is 0. The van der Waals surface area contributed by atoms with Gasteiger partial charge in [-0.2, -0.15) is 4.31 Å². The number of H-pyrrole nitrogens is 1. The molecule has 8 nitrogen and oxygen atoms in total. The van der Waals surface area contributed by atoms with Gasteiger partial charge in [0.25, 0.3) is 5.91 Å². The Labute approximate surface area is 200 Å². The molecule has 0 saturated heterocycles. The van der Waals surface area contributed by atoms with Crippen molar-refractivity contribution in [3.05, 3.63) is 70.0 Å². The Kier molecular flexibility index (Phi) is 8.11. The summed E-state index contributed by atoms with van der Waals surface area (Å²) in [4.78, 5) is 29.8. The van der Waals surface area contributed by atoms with Gasteiger partial charge in [-0.05, 0) is 48.7 Å². The highest BCUT2D eigenvalue weighted by atomic mass is 32.2. The third kappa shape index (κ3) is 5.66. The molecule has 0 fully saturated rings. The van der Waals surface area contributed by atoms with Crippen LogP contribution in [0.2, 0.25) is 0 Å². The van der Waals surface area contributed by atoms with Gasteiger partial charge in [-0.15, -0.1) is 0 Å². The number of anilines is 1. The maximum absolute atomic E-state index is 12.9. The van der Waals surface area contributed by atoms with E-state index >= 15 is 0 Å². The number of aromatic nitrogens is 1. The maximum atomic E-state index is 12.9. The molecule has 0 spiro atoms. The number of benzene rings is 2. The zero-order valence-corrected chi connectivity index (χ0v) is 20.9. The fourth-order valence-corrected chi connectivity index (χ4v) is 5.33. The Bertz CT molecular complexity index is 1310. The molecule has 0 aliphatic carbocycles. The second-order valence-electron chi connectivity index (χ2n) is 8.26. The molecule has 3 rings (SSSR count). The Balaban J connectivity index is 1.77. The number of sulfonamides is 1. The van der Waals surface area contributed by atoms with Gasteiger partial charge in [-0.3, -0.25) is 9.59 Å². The number of rotatable bonds is 10. The van der Waals surface area contributed by atoms with Crippen LogP contribution in [0.5, 0.6) is 0 Å². The number of aryl methyl sites for hydroxylation is 1. The number of pyridine rings is 1. The summed E-state index contributed by atoms with van der Waals surface area (Å²) in [5.74, 6) is -0.406. The number of nitrogens with one attached hydrogen (secondary N) is 2. The highest BCUT2D eigenvalue weighted by Gasteiger charge is 2.23. The molecule has 0 aliphatic rings. The lowest BCUT2D eigenvalue weighted by atomic mass is 10.1. The van der Waals surface area contributed by atoms with E-state index in [0.717, 1.165) is 18.5 Å². The summed E-state index contributed by atoms with van der Waals surface area (Å²) in [6, 6.07) is 13.9. The lowest BCUT2D eigenvalue weighted by molar-refractivity contribution is 0.0954. The first-order valence-electron chi connectivity index (χ1n) is 11.4. The van der Waals surface area contributed by atoms with Gasteiger partial charge in [0.05, 0.1) is 10.5 Å². The summed E-state index contributed by atoms with van der Waals surface area (Å²) in [7, 11) is 0.283. The molecule has 182 valence electrons. The second kappa shape index (κ2) is 10.8. The fourth-order valence-electron chi connectivity index (χ4n) is 3.84. The van der Waals surface area contributed by atoms with E-state index in [1.165, 1.54) is 34.1 Å². The van der Waals surface area contributed by atoms with Crippen molar-refractivity contribution in [2.24, 2.45) is 0 Å². The molecule has 9 heteroatoms. The zero-order chi connectivity index (χ0) is 24.9. The third-order valence-electron chi connectivity index (χ3n) is 5.78. The van der Waals surface area contributed by atoms with Gasteiger partial charge >= 0.3 is 0 Å². The zero-order valence-electron chi connectivity index (χ0n) is 20.1. The van der Waals surface area contributed by atoms with E-state index in [1.54, 1.807) is 13.8 Å². The Morgan fingerprint density at radius 1 is 1.00 bits per heavy atom. The molecule has 2 aromatic carbocycles. The lowest BCUT2D eigenvalue weighted by Crippen LogP contribution is -2.30. The predicted molar refractivity (Wildman–Crippen MR) is 136 cm³/mol. The smallest absolute Gasteiger partial charge is 0.252 e. The molecule has 1 amide bonds. The number of carbonyl (C=O) groups is 1. The minimum absolute atomic E-state index is 0.0889. The van der Waals surface area contributed by atoms with Crippen molar-refractivity contribution in [1.82, 2.24) is 14.6 Å². The number of carbonyl (C=O) groups excluding carboxylic acids is 1. The standard InChI is InChI=1S/C25H32N4O4S/c1-5-29(6-2)34(32,33)20-13-14-23-21(16-20)22(17-24(30)27-23)25(31)26-15-7-8-18-9-11-19(12-10-18)28(3)4/h9-14,16-17H,5-8,15H2,1-4H3,(H,26,31)(H,27,30). The van der Waals surface area contributed by atoms with E-state index in [1.807, 2.05) is 19.0 Å². The summed E-state index contributed by atoms with van der Waals surface area (Å²) in [6.07, 6.45) is 1.53. The summed E-state index contributed by atoms with van der Waals surface area (Å²) in [5, 5.41) is 3.25. The van der Waals surface area contributed by atoms with Crippen LogP contribution in [0.25, 0.3) is 10.9 Å². The van der Waals surface area contributed by atoms with Crippen LogP contribution in [-0.4, -0.2) is 57.3 Å². The van der Waals surface area contributed by atoms with Crippen LogP contribution in [0, 0.1) is 0 Å². The lowest BCUT2D eigenvalue weighted by Gasteiger charge is -2.19. The number of amides is 1. The van der Waals surface area contributed by atoms with Gasteiger partial charge in [-0.1, -0.05) is 26.0 Å². The minimum atomic E-state index is -3.70. The van der Waals surface area contributed by atoms with Crippen LogP contribution in [-0.2, 0) is 16.4 Å². The van der Waals surface area contributed by atoms with Crippen molar-refractivity contribution in [2.75, 3.05) is 38.6 Å². The van der Waals surface area contributed by atoms with Gasteiger partial charge in [0, 0.05) is 56.4 Å². The van der Waals surface area contributed by atoms with E-state index < -0.39 is 21.5 Å². The third-order valence-corrected chi connectivity index (χ3v) is 7.83. The van der Waals surface area contributed by atoms with Gasteiger partial charge in [0.2, 0.25) is 15.6 Å². The van der Waals surface area contributed by atoms with Crippen molar-refractivity contribution in [3.8, 4) is 0 Å². The molecule has 2 N–H and O–H groups in total. The molecule has 0 atom stereocenters. The number of fused-ring (bicyclic) bond motifs is 1. The summed E-state index contributed by atoms with van der Waals surface area (Å²) < 4.78 is 27.2. The molecular formula is C25H32N4O4S. The molecule has 1 aromatic heterocycles. The maximum Gasteiger partial charge on any atom is 0.252 e. The quantitative estimate of drug-likeness (QED) is 0.431. The van der Waals surface area contributed by atoms with Crippen LogP contribution >= 0.6 is 0 Å². The largest absolute Gasteiger partial charge is 0.378 e. The Hall–Kier alpha value is -3.17. The summed E-state index contributed by atoms with van der Waals surface area (Å²) in [5.41, 5.74) is 2.45. The second-order valence-corrected chi connectivity index (χ2v) is 10.2. The van der Waals surface area contributed by atoms with E-state index in [0.29, 0.717) is 30.5 Å². The number of aromatic amines is 1. The van der Waals surface area contributed by atoms with Crippen LogP contribution in [0.4, 0.5) is 5.69 Å². The number of hydrogen-bond donors (Lipinski definition) is 2. The average molecular weight is 485 g/mol. The first-order chi connectivity index (χ1) is 16.2. The monoisotopic (exact) mass is 484 g/mol. The fraction of sp³-hybridized carbons (Fsp3) is 0.360. The molecule has 1 heterocycles. The molecule has 0 radical (unpaired) electrons. The molecule has 0 aliphatic heterocycles. The number of hydrogen-bond acceptors (Lipinski definition) is 5. The van der Waals surface area contributed by atoms with Crippen molar-refractivity contribution < 1.29 is 13.2 Å². The van der Waals surface area contributed by atoms with Crippen molar-refractivity contribution in [2.45, 2.75) is 31.6 Å². The topological polar surface area (TPSA) is 103 Å². The van der Waals surface area contributed by atoms with Crippen LogP contribution in [0.1, 0.15) is 36.2 Å². The molecule has 3 aromatic rings. The highest BCUT2D eigenvalue weighted by molar-refractivity contribution is 7.89. The normalized spacial score (nSPS) is 11.7. The van der Waals surface area contributed by atoms with Gasteiger partial charge in [0.1, 0.15) is 0 Å². The van der Waals surface area contributed by atoms with Gasteiger partial charge in [0.15, 0.2) is 0 Å². The van der Waals surface area contributed by atoms with E-state index in [2.05, 4.69) is 34.6 Å². The van der Waals surface area contributed by atoms with Crippen LogP contribution in [0.15, 0.2) is 58.2 Å². The first-order valence-corrected chi connectivity index (χ1v) is 12.8. The SMILES string of the molecule is CCN(CC)S(=O)(=O)c1ccc2[nH]c(=O)cc(C(=O)NCCCc3ccc(N(C)C)cc3)c2c1. The average Bonchev–Trinajstić information content (AvgIpc) is 2.81. The van der Waals surface area contributed by atoms with Gasteiger partial charge in [-0.25, -0.2) is 8.42 Å². The minimum Gasteiger partial charge on any atom is -0.378 e. The van der Waals surface area contributed by atoms with E-state index in [-0.39, 0.29) is 10.5 Å². The van der Waals surface area contributed by atoms with Gasteiger partial charge < -0.3 is 15.2 Å². The Morgan fingerprint density at radius 2 is 1.68 bits per heavy atom. The van der Waals surface area contributed by atoms with Crippen molar-refractivity contribution in [3.63, 3.8) is 0 Å². The summed E-state index contributed by atoms with van der Waals surface area (Å²) in [6.45, 7) is 4.66. The molecule has 0 bridgehead atoms. The molecule has 0 saturated carbocycles. The van der Waals surface area contributed by atoms with Crippen LogP contribution in [0.3, 0.4) is 0 Å². The van der Waals surface area contributed by atoms with Crippen molar-refractivity contribution in [1.29, 1.82) is 0 Å². The Morgan fingerprint density at radius 3 is 2.29 bits per heavy atom. The van der Waals surface area contributed by atoms with Crippen LogP contribution < -0.4 is 15.8 Å². The number of nitrogens with zero attached hydrogens (tertiary/aromatic N) is 2. The predicted octanol–water partition coefficient (Wildman–Crippen LogP) is 2.99.